The zero-order valence-electron chi connectivity index (χ0n) is 11.4. The second-order valence-corrected chi connectivity index (χ2v) is 4.38. The van der Waals surface area contributed by atoms with Crippen LogP contribution in [0.3, 0.4) is 0 Å². The number of aromatic nitrogens is 2. The quantitative estimate of drug-likeness (QED) is 0.607. The minimum absolute atomic E-state index is 0.0750. The van der Waals surface area contributed by atoms with Crippen molar-refractivity contribution in [2.75, 3.05) is 18.9 Å². The Morgan fingerprint density at radius 3 is 2.56 bits per heavy atom. The molecule has 0 aliphatic carbocycles. The number of nitrogen functional groups attached to an aromatic ring is 1. The van der Waals surface area contributed by atoms with Crippen LogP contribution in [0.25, 0.3) is 0 Å². The maximum Gasteiger partial charge on any atom is 0.327 e. The smallest absolute Gasteiger partial charge is 0.327 e. The van der Waals surface area contributed by atoms with Crippen molar-refractivity contribution in [2.24, 2.45) is 0 Å². The highest BCUT2D eigenvalue weighted by atomic mass is 16.6. The maximum atomic E-state index is 11.6. The van der Waals surface area contributed by atoms with E-state index in [1.807, 2.05) is 20.8 Å². The summed E-state index contributed by atoms with van der Waals surface area (Å²) in [6.45, 7) is 8.23. The van der Waals surface area contributed by atoms with E-state index in [4.69, 9.17) is 15.2 Å². The van der Waals surface area contributed by atoms with E-state index in [9.17, 15) is 4.79 Å². The van der Waals surface area contributed by atoms with Gasteiger partial charge in [0.15, 0.2) is 0 Å². The van der Waals surface area contributed by atoms with E-state index in [0.717, 1.165) is 11.4 Å². The number of ether oxygens (including phenoxy) is 2. The van der Waals surface area contributed by atoms with Gasteiger partial charge in [0.2, 0.25) is 0 Å². The molecule has 6 heteroatoms. The molecule has 0 aromatic carbocycles. The van der Waals surface area contributed by atoms with Gasteiger partial charge in [0.25, 0.3) is 0 Å². The van der Waals surface area contributed by atoms with E-state index in [1.165, 1.54) is 0 Å². The molecule has 102 valence electrons. The molecular weight excluding hydrogens is 234 g/mol. The summed E-state index contributed by atoms with van der Waals surface area (Å²) in [6.07, 6.45) is 0.138. The standard InChI is InChI=1S/C12H21N3O3/c1-8(2)17-5-6-18-11(16)7-15-10(4)12(13)9(3)14-15/h8H,5-7,13H2,1-4H3. The Balaban J connectivity index is 2.38. The van der Waals surface area contributed by atoms with Crippen LogP contribution in [0, 0.1) is 13.8 Å². The Labute approximate surface area is 107 Å². The molecule has 0 aliphatic rings. The predicted molar refractivity (Wildman–Crippen MR) is 68.2 cm³/mol. The molecule has 18 heavy (non-hydrogen) atoms. The normalized spacial score (nSPS) is 10.9. The van der Waals surface area contributed by atoms with Gasteiger partial charge in [-0.2, -0.15) is 5.10 Å². The monoisotopic (exact) mass is 255 g/mol. The number of anilines is 1. The number of aryl methyl sites for hydroxylation is 1. The zero-order chi connectivity index (χ0) is 13.7. The SMILES string of the molecule is Cc1nn(CC(=O)OCCOC(C)C)c(C)c1N. The van der Waals surface area contributed by atoms with Gasteiger partial charge in [-0.1, -0.05) is 0 Å². The van der Waals surface area contributed by atoms with E-state index in [-0.39, 0.29) is 25.2 Å². The highest BCUT2D eigenvalue weighted by molar-refractivity contribution is 5.69. The van der Waals surface area contributed by atoms with Gasteiger partial charge >= 0.3 is 5.97 Å². The van der Waals surface area contributed by atoms with E-state index < -0.39 is 0 Å². The van der Waals surface area contributed by atoms with Gasteiger partial charge in [0, 0.05) is 0 Å². The van der Waals surface area contributed by atoms with Crippen molar-refractivity contribution in [3.05, 3.63) is 11.4 Å². The molecule has 0 aliphatic heterocycles. The molecule has 0 radical (unpaired) electrons. The molecule has 1 aromatic heterocycles. The van der Waals surface area contributed by atoms with Crippen molar-refractivity contribution in [1.82, 2.24) is 9.78 Å². The Morgan fingerprint density at radius 1 is 1.39 bits per heavy atom. The Hall–Kier alpha value is -1.56. The molecule has 0 spiro atoms. The lowest BCUT2D eigenvalue weighted by Gasteiger charge is -2.08. The zero-order valence-corrected chi connectivity index (χ0v) is 11.4. The van der Waals surface area contributed by atoms with E-state index >= 15 is 0 Å². The molecule has 0 bridgehead atoms. The summed E-state index contributed by atoms with van der Waals surface area (Å²) in [6, 6.07) is 0. The minimum Gasteiger partial charge on any atom is -0.462 e. The number of carbonyl (C=O) groups is 1. The third-order valence-corrected chi connectivity index (χ3v) is 2.51. The fourth-order valence-electron chi connectivity index (χ4n) is 1.47. The largest absolute Gasteiger partial charge is 0.462 e. The molecule has 0 amide bonds. The minimum atomic E-state index is -0.340. The van der Waals surface area contributed by atoms with Crippen LogP contribution in [0.15, 0.2) is 0 Å². The first kappa shape index (κ1) is 14.5. The molecule has 0 unspecified atom stereocenters. The van der Waals surface area contributed by atoms with Crippen LogP contribution in [-0.2, 0) is 20.8 Å². The van der Waals surface area contributed by atoms with Gasteiger partial charge in [-0.25, -0.2) is 0 Å². The molecule has 0 atom stereocenters. The van der Waals surface area contributed by atoms with Crippen LogP contribution in [0.1, 0.15) is 25.2 Å². The predicted octanol–water partition coefficient (Wildman–Crippen LogP) is 1.05. The van der Waals surface area contributed by atoms with E-state index in [2.05, 4.69) is 5.10 Å². The molecule has 1 rings (SSSR count). The first-order valence-electron chi connectivity index (χ1n) is 5.98. The number of nitrogens with two attached hydrogens (primary N) is 1. The molecule has 0 fully saturated rings. The summed E-state index contributed by atoms with van der Waals surface area (Å²) in [5.74, 6) is -0.340. The third kappa shape index (κ3) is 4.03. The first-order chi connectivity index (χ1) is 8.41. The van der Waals surface area contributed by atoms with Gasteiger partial charge in [-0.05, 0) is 27.7 Å². The number of hydrogen-bond donors (Lipinski definition) is 1. The van der Waals surface area contributed by atoms with Crippen LogP contribution in [-0.4, -0.2) is 35.1 Å². The molecule has 2 N–H and O–H groups in total. The molecule has 1 aromatic rings. The maximum absolute atomic E-state index is 11.6. The molecular formula is C12H21N3O3. The highest BCUT2D eigenvalue weighted by Crippen LogP contribution is 2.14. The van der Waals surface area contributed by atoms with Crippen LogP contribution >= 0.6 is 0 Å². The van der Waals surface area contributed by atoms with Crippen molar-refractivity contribution < 1.29 is 14.3 Å². The van der Waals surface area contributed by atoms with E-state index in [0.29, 0.717) is 12.3 Å². The second kappa shape index (κ2) is 6.39. The molecule has 6 nitrogen and oxygen atoms in total. The summed E-state index contributed by atoms with van der Waals surface area (Å²) in [7, 11) is 0. The molecule has 1 heterocycles. The Kier molecular flexibility index (Phi) is 5.15. The lowest BCUT2D eigenvalue weighted by molar-refractivity contribution is -0.146. The third-order valence-electron chi connectivity index (χ3n) is 2.51. The Bertz CT molecular complexity index is 413. The van der Waals surface area contributed by atoms with Crippen LogP contribution < -0.4 is 5.73 Å². The fraction of sp³-hybridized carbons (Fsp3) is 0.667. The Morgan fingerprint density at radius 2 is 2.06 bits per heavy atom. The van der Waals surface area contributed by atoms with Crippen molar-refractivity contribution >= 4 is 11.7 Å². The number of carbonyl (C=O) groups excluding carboxylic acids is 1. The van der Waals surface area contributed by atoms with Crippen molar-refractivity contribution in [3.63, 3.8) is 0 Å². The highest BCUT2D eigenvalue weighted by Gasteiger charge is 2.12. The van der Waals surface area contributed by atoms with Gasteiger partial charge < -0.3 is 15.2 Å². The van der Waals surface area contributed by atoms with Crippen molar-refractivity contribution in [1.29, 1.82) is 0 Å². The van der Waals surface area contributed by atoms with Crippen LogP contribution in [0.4, 0.5) is 5.69 Å². The van der Waals surface area contributed by atoms with Gasteiger partial charge in [-0.15, -0.1) is 0 Å². The summed E-state index contributed by atoms with van der Waals surface area (Å²) in [5, 5.41) is 4.17. The lowest BCUT2D eigenvalue weighted by Crippen LogP contribution is -2.19. The first-order valence-corrected chi connectivity index (χ1v) is 5.98. The van der Waals surface area contributed by atoms with Crippen molar-refractivity contribution in [3.8, 4) is 0 Å². The number of hydrogen-bond acceptors (Lipinski definition) is 5. The summed E-state index contributed by atoms with van der Waals surface area (Å²) in [5.41, 5.74) is 7.90. The van der Waals surface area contributed by atoms with Gasteiger partial charge in [-0.3, -0.25) is 9.48 Å². The molecule has 0 saturated heterocycles. The average Bonchev–Trinajstić information content (AvgIpc) is 2.52. The fourth-order valence-corrected chi connectivity index (χ4v) is 1.47. The summed E-state index contributed by atoms with van der Waals surface area (Å²) >= 11 is 0. The number of nitrogens with zero attached hydrogens (tertiary/aromatic N) is 2. The van der Waals surface area contributed by atoms with Crippen LogP contribution in [0.2, 0.25) is 0 Å². The van der Waals surface area contributed by atoms with E-state index in [1.54, 1.807) is 11.6 Å². The number of rotatable bonds is 6. The topological polar surface area (TPSA) is 79.4 Å². The second-order valence-electron chi connectivity index (χ2n) is 4.38. The van der Waals surface area contributed by atoms with Gasteiger partial charge in [0.1, 0.15) is 13.2 Å². The van der Waals surface area contributed by atoms with Crippen LogP contribution in [0.5, 0.6) is 0 Å². The van der Waals surface area contributed by atoms with Crippen molar-refractivity contribution in [2.45, 2.75) is 40.3 Å². The van der Waals surface area contributed by atoms with Gasteiger partial charge in [0.05, 0.1) is 29.8 Å². The number of esters is 1. The summed E-state index contributed by atoms with van der Waals surface area (Å²) < 4.78 is 11.9. The molecule has 0 saturated carbocycles. The lowest BCUT2D eigenvalue weighted by atomic mass is 10.3. The average molecular weight is 255 g/mol. The summed E-state index contributed by atoms with van der Waals surface area (Å²) in [4.78, 5) is 11.6.